The second-order valence-corrected chi connectivity index (χ2v) is 8.09. The summed E-state index contributed by atoms with van der Waals surface area (Å²) in [6, 6.07) is 24.9. The van der Waals surface area contributed by atoms with Crippen molar-refractivity contribution >= 4 is 33.9 Å². The fourth-order valence-electron chi connectivity index (χ4n) is 4.41. The van der Waals surface area contributed by atoms with Gasteiger partial charge in [0.1, 0.15) is 11.6 Å². The average Bonchev–Trinajstić information content (AvgIpc) is 3.09. The molecule has 33 heavy (non-hydrogen) atoms. The van der Waals surface area contributed by atoms with Crippen molar-refractivity contribution in [1.29, 1.82) is 0 Å². The lowest BCUT2D eigenvalue weighted by molar-refractivity contribution is -0.132. The third kappa shape index (κ3) is 3.48. The lowest BCUT2D eigenvalue weighted by Crippen LogP contribution is -2.29. The first-order chi connectivity index (χ1) is 16.0. The molecule has 1 atom stereocenters. The van der Waals surface area contributed by atoms with Gasteiger partial charge in [0.05, 0.1) is 11.6 Å². The number of carbonyl (C=O) groups excluding carboxylic acids is 2. The fraction of sp³-hybridized carbons (Fsp3) is 0.0714. The minimum Gasteiger partial charge on any atom is -0.507 e. The number of amides is 1. The van der Waals surface area contributed by atoms with E-state index < -0.39 is 23.5 Å². The van der Waals surface area contributed by atoms with Gasteiger partial charge in [-0.1, -0.05) is 66.7 Å². The van der Waals surface area contributed by atoms with E-state index in [2.05, 4.69) is 0 Å². The number of fused-ring (bicyclic) bond motifs is 1. The van der Waals surface area contributed by atoms with Crippen molar-refractivity contribution in [3.8, 4) is 0 Å². The molecule has 4 nitrogen and oxygen atoms in total. The van der Waals surface area contributed by atoms with Crippen LogP contribution < -0.4 is 4.90 Å². The van der Waals surface area contributed by atoms with Crippen LogP contribution in [0.1, 0.15) is 22.7 Å². The minimum atomic E-state index is -0.897. The zero-order chi connectivity index (χ0) is 23.1. The van der Waals surface area contributed by atoms with Gasteiger partial charge in [-0.05, 0) is 53.1 Å². The number of halogens is 1. The maximum Gasteiger partial charge on any atom is 0.300 e. The first-order valence-corrected chi connectivity index (χ1v) is 10.6. The van der Waals surface area contributed by atoms with Crippen LogP contribution in [0.3, 0.4) is 0 Å². The van der Waals surface area contributed by atoms with Crippen LogP contribution in [0.5, 0.6) is 0 Å². The molecule has 0 aliphatic carbocycles. The predicted octanol–water partition coefficient (Wildman–Crippen LogP) is 5.91. The van der Waals surface area contributed by atoms with E-state index in [9.17, 15) is 19.1 Å². The fourth-order valence-corrected chi connectivity index (χ4v) is 4.41. The van der Waals surface area contributed by atoms with Gasteiger partial charge in [0.25, 0.3) is 11.7 Å². The SMILES string of the molecule is Cc1cccc(N2C(=O)C(=O)/C(=C(\O)c3cccc4ccccc34)C2c2ccc(F)cc2)c1. The molecular weight excluding hydrogens is 417 g/mol. The Morgan fingerprint density at radius 1 is 0.879 bits per heavy atom. The van der Waals surface area contributed by atoms with Gasteiger partial charge in [0.15, 0.2) is 0 Å². The topological polar surface area (TPSA) is 57.6 Å². The molecule has 0 spiro atoms. The first-order valence-electron chi connectivity index (χ1n) is 10.6. The number of hydrogen-bond donors (Lipinski definition) is 1. The van der Waals surface area contributed by atoms with Crippen LogP contribution in [0.4, 0.5) is 10.1 Å². The Morgan fingerprint density at radius 3 is 2.33 bits per heavy atom. The smallest absolute Gasteiger partial charge is 0.300 e. The van der Waals surface area contributed by atoms with Crippen LogP contribution in [0.15, 0.2) is 96.6 Å². The molecule has 0 radical (unpaired) electrons. The van der Waals surface area contributed by atoms with Crippen molar-refractivity contribution in [2.75, 3.05) is 4.90 Å². The Morgan fingerprint density at radius 2 is 1.58 bits per heavy atom. The number of hydrogen-bond acceptors (Lipinski definition) is 3. The number of benzene rings is 4. The number of aryl methyl sites for hydroxylation is 1. The van der Waals surface area contributed by atoms with Gasteiger partial charge < -0.3 is 5.11 Å². The van der Waals surface area contributed by atoms with Gasteiger partial charge in [0.2, 0.25) is 0 Å². The van der Waals surface area contributed by atoms with E-state index in [0.29, 0.717) is 16.8 Å². The molecule has 4 aromatic carbocycles. The number of Topliss-reactive ketones (excluding diaryl/α,β-unsaturated/α-hetero) is 1. The van der Waals surface area contributed by atoms with Gasteiger partial charge in [-0.2, -0.15) is 0 Å². The van der Waals surface area contributed by atoms with E-state index in [-0.39, 0.29) is 11.3 Å². The van der Waals surface area contributed by atoms with Gasteiger partial charge >= 0.3 is 0 Å². The Kier molecular flexibility index (Phi) is 5.02. The molecule has 0 aromatic heterocycles. The van der Waals surface area contributed by atoms with Crippen molar-refractivity contribution in [2.45, 2.75) is 13.0 Å². The van der Waals surface area contributed by atoms with Crippen LogP contribution >= 0.6 is 0 Å². The van der Waals surface area contributed by atoms with Crippen molar-refractivity contribution in [2.24, 2.45) is 0 Å². The largest absolute Gasteiger partial charge is 0.507 e. The predicted molar refractivity (Wildman–Crippen MR) is 126 cm³/mol. The second-order valence-electron chi connectivity index (χ2n) is 8.09. The molecule has 1 unspecified atom stereocenters. The molecule has 1 aliphatic heterocycles. The van der Waals surface area contributed by atoms with Crippen molar-refractivity contribution < 1.29 is 19.1 Å². The molecule has 5 rings (SSSR count). The van der Waals surface area contributed by atoms with Gasteiger partial charge in [-0.25, -0.2) is 4.39 Å². The van der Waals surface area contributed by atoms with E-state index in [1.807, 2.05) is 43.3 Å². The number of rotatable bonds is 3. The average molecular weight is 437 g/mol. The maximum absolute atomic E-state index is 13.7. The van der Waals surface area contributed by atoms with Crippen LogP contribution in [0, 0.1) is 12.7 Å². The molecule has 162 valence electrons. The molecule has 1 N–H and O–H groups in total. The minimum absolute atomic E-state index is 0.0236. The van der Waals surface area contributed by atoms with E-state index in [4.69, 9.17) is 0 Å². The second kappa shape index (κ2) is 8.02. The normalized spacial score (nSPS) is 17.6. The van der Waals surface area contributed by atoms with E-state index in [1.165, 1.54) is 29.2 Å². The first kappa shape index (κ1) is 20.6. The highest BCUT2D eigenvalue weighted by molar-refractivity contribution is 6.51. The summed E-state index contributed by atoms with van der Waals surface area (Å²) in [6.07, 6.45) is 0. The zero-order valence-electron chi connectivity index (χ0n) is 17.8. The quantitative estimate of drug-likeness (QED) is 0.246. The molecule has 1 aliphatic rings. The molecule has 1 amide bonds. The Bertz CT molecular complexity index is 1430. The Balaban J connectivity index is 1.78. The van der Waals surface area contributed by atoms with E-state index in [1.54, 1.807) is 30.3 Å². The standard InChI is InChI=1S/C28H20FNO3/c1-17-6-4-9-21(16-17)30-25(19-12-14-20(29)15-13-19)24(27(32)28(30)33)26(31)23-11-5-8-18-7-2-3-10-22(18)23/h2-16,25,31H,1H3/b26-24-. The highest BCUT2D eigenvalue weighted by atomic mass is 19.1. The highest BCUT2D eigenvalue weighted by Crippen LogP contribution is 2.43. The summed E-state index contributed by atoms with van der Waals surface area (Å²) in [4.78, 5) is 27.9. The van der Waals surface area contributed by atoms with Crippen molar-refractivity contribution in [3.63, 3.8) is 0 Å². The van der Waals surface area contributed by atoms with E-state index in [0.717, 1.165) is 16.3 Å². The molecular formula is C28H20FNO3. The molecule has 4 aromatic rings. The summed E-state index contributed by atoms with van der Waals surface area (Å²) in [5, 5.41) is 13.1. The van der Waals surface area contributed by atoms with Crippen LogP contribution in [0.25, 0.3) is 16.5 Å². The molecule has 1 heterocycles. The van der Waals surface area contributed by atoms with Gasteiger partial charge in [-0.15, -0.1) is 0 Å². The maximum atomic E-state index is 13.7. The lowest BCUT2D eigenvalue weighted by Gasteiger charge is -2.25. The zero-order valence-corrected chi connectivity index (χ0v) is 17.8. The number of anilines is 1. The van der Waals surface area contributed by atoms with Crippen molar-refractivity contribution in [3.05, 3.63) is 119 Å². The Labute approximate surface area is 190 Å². The van der Waals surface area contributed by atoms with Gasteiger partial charge in [-0.3, -0.25) is 14.5 Å². The van der Waals surface area contributed by atoms with Crippen LogP contribution in [-0.4, -0.2) is 16.8 Å². The third-order valence-corrected chi connectivity index (χ3v) is 5.95. The molecule has 1 fully saturated rings. The van der Waals surface area contributed by atoms with E-state index >= 15 is 0 Å². The van der Waals surface area contributed by atoms with Crippen LogP contribution in [-0.2, 0) is 9.59 Å². The molecule has 5 heteroatoms. The Hall–Kier alpha value is -4.25. The summed E-state index contributed by atoms with van der Waals surface area (Å²) in [6.45, 7) is 1.89. The van der Waals surface area contributed by atoms with Crippen molar-refractivity contribution in [1.82, 2.24) is 0 Å². The molecule has 0 bridgehead atoms. The van der Waals surface area contributed by atoms with Gasteiger partial charge in [0, 0.05) is 11.3 Å². The van der Waals surface area contributed by atoms with Crippen LogP contribution in [0.2, 0.25) is 0 Å². The third-order valence-electron chi connectivity index (χ3n) is 5.95. The number of carbonyl (C=O) groups is 2. The molecule has 1 saturated heterocycles. The molecule has 0 saturated carbocycles. The summed E-state index contributed by atoms with van der Waals surface area (Å²) >= 11 is 0. The number of nitrogens with zero attached hydrogens (tertiary/aromatic N) is 1. The summed E-state index contributed by atoms with van der Waals surface area (Å²) in [5.74, 6) is -2.21. The summed E-state index contributed by atoms with van der Waals surface area (Å²) < 4.78 is 13.7. The highest BCUT2D eigenvalue weighted by Gasteiger charge is 2.47. The monoisotopic (exact) mass is 437 g/mol. The summed E-state index contributed by atoms with van der Waals surface area (Å²) in [7, 11) is 0. The number of aliphatic hydroxyl groups is 1. The number of aliphatic hydroxyl groups excluding tert-OH is 1. The summed E-state index contributed by atoms with van der Waals surface area (Å²) in [5.41, 5.74) is 2.41. The lowest BCUT2D eigenvalue weighted by atomic mass is 9.93. The number of ketones is 1.